The van der Waals surface area contributed by atoms with Crippen molar-refractivity contribution in [3.8, 4) is 0 Å². The van der Waals surface area contributed by atoms with Crippen LogP contribution in [-0.4, -0.2) is 94.2 Å². The standard InChI is InChI=1S/C14H27N3O4S/c1-2-17(13-3-10-22(19,20)12-13)11-14(18)15-4-5-16-6-8-21-9-7-16/h13H,2-12H2,1H3,(H,15,18). The zero-order chi connectivity index (χ0) is 16.0. The average molecular weight is 333 g/mol. The van der Waals surface area contributed by atoms with E-state index in [1.807, 2.05) is 11.8 Å². The summed E-state index contributed by atoms with van der Waals surface area (Å²) in [5.41, 5.74) is 0. The summed E-state index contributed by atoms with van der Waals surface area (Å²) in [4.78, 5) is 16.3. The van der Waals surface area contributed by atoms with Gasteiger partial charge in [0.05, 0.1) is 31.3 Å². The molecule has 0 radical (unpaired) electrons. The third kappa shape index (κ3) is 5.49. The first-order valence-electron chi connectivity index (χ1n) is 8.01. The minimum atomic E-state index is -2.91. The third-order valence-electron chi connectivity index (χ3n) is 4.33. The van der Waals surface area contributed by atoms with Crippen molar-refractivity contribution < 1.29 is 17.9 Å². The Labute approximate surface area is 132 Å². The molecule has 1 N–H and O–H groups in total. The molecular weight excluding hydrogens is 306 g/mol. The highest BCUT2D eigenvalue weighted by Gasteiger charge is 2.32. The number of carbonyl (C=O) groups is 1. The van der Waals surface area contributed by atoms with Crippen LogP contribution in [-0.2, 0) is 19.4 Å². The highest BCUT2D eigenvalue weighted by molar-refractivity contribution is 7.91. The Kier molecular flexibility index (Phi) is 6.61. The average Bonchev–Trinajstić information content (AvgIpc) is 2.86. The number of likely N-dealkylation sites (N-methyl/N-ethyl adjacent to an activating group) is 1. The maximum absolute atomic E-state index is 12.0. The fourth-order valence-electron chi connectivity index (χ4n) is 2.98. The second kappa shape index (κ2) is 8.24. The van der Waals surface area contributed by atoms with Crippen LogP contribution in [0.5, 0.6) is 0 Å². The van der Waals surface area contributed by atoms with Gasteiger partial charge in [-0.25, -0.2) is 8.42 Å². The predicted octanol–water partition coefficient (Wildman–Crippen LogP) is -1.06. The number of ether oxygens (including phenoxy) is 1. The Morgan fingerprint density at radius 1 is 1.36 bits per heavy atom. The fourth-order valence-corrected chi connectivity index (χ4v) is 4.74. The molecule has 0 aromatic rings. The summed E-state index contributed by atoms with van der Waals surface area (Å²) >= 11 is 0. The Balaban J connectivity index is 1.68. The van der Waals surface area contributed by atoms with Gasteiger partial charge in [0, 0.05) is 32.2 Å². The molecule has 2 fully saturated rings. The van der Waals surface area contributed by atoms with Crippen molar-refractivity contribution in [2.24, 2.45) is 0 Å². The number of nitrogens with zero attached hydrogens (tertiary/aromatic N) is 2. The quantitative estimate of drug-likeness (QED) is 0.640. The molecule has 0 aromatic carbocycles. The van der Waals surface area contributed by atoms with E-state index in [0.717, 1.165) is 32.8 Å². The molecule has 1 unspecified atom stereocenters. The Bertz CT molecular complexity index is 463. The number of morpholine rings is 1. The highest BCUT2D eigenvalue weighted by Crippen LogP contribution is 2.17. The first-order chi connectivity index (χ1) is 10.5. The van der Waals surface area contributed by atoms with E-state index in [1.54, 1.807) is 0 Å². The van der Waals surface area contributed by atoms with Gasteiger partial charge >= 0.3 is 0 Å². The summed E-state index contributed by atoms with van der Waals surface area (Å²) in [5, 5.41) is 2.93. The fraction of sp³-hybridized carbons (Fsp3) is 0.929. The first kappa shape index (κ1) is 17.7. The van der Waals surface area contributed by atoms with E-state index < -0.39 is 9.84 Å². The number of sulfone groups is 1. The summed E-state index contributed by atoms with van der Waals surface area (Å²) in [6.45, 7) is 7.73. The van der Waals surface area contributed by atoms with Gasteiger partial charge in [0.25, 0.3) is 0 Å². The van der Waals surface area contributed by atoms with Gasteiger partial charge in [-0.2, -0.15) is 0 Å². The van der Waals surface area contributed by atoms with Gasteiger partial charge in [-0.3, -0.25) is 14.6 Å². The molecule has 0 bridgehead atoms. The molecule has 22 heavy (non-hydrogen) atoms. The van der Waals surface area contributed by atoms with Gasteiger partial charge < -0.3 is 10.1 Å². The lowest BCUT2D eigenvalue weighted by Gasteiger charge is -2.27. The number of hydrogen-bond donors (Lipinski definition) is 1. The lowest BCUT2D eigenvalue weighted by molar-refractivity contribution is -0.122. The van der Waals surface area contributed by atoms with Crippen LogP contribution < -0.4 is 5.32 Å². The van der Waals surface area contributed by atoms with Gasteiger partial charge in [-0.15, -0.1) is 0 Å². The van der Waals surface area contributed by atoms with Crippen LogP contribution in [0.15, 0.2) is 0 Å². The minimum Gasteiger partial charge on any atom is -0.379 e. The second-order valence-corrected chi connectivity index (χ2v) is 8.15. The molecule has 2 aliphatic rings. The van der Waals surface area contributed by atoms with Gasteiger partial charge in [-0.05, 0) is 13.0 Å². The Morgan fingerprint density at radius 2 is 2.09 bits per heavy atom. The van der Waals surface area contributed by atoms with Gasteiger partial charge in [-0.1, -0.05) is 6.92 Å². The molecule has 7 nitrogen and oxygen atoms in total. The van der Waals surface area contributed by atoms with Crippen molar-refractivity contribution in [2.45, 2.75) is 19.4 Å². The molecule has 8 heteroatoms. The zero-order valence-corrected chi connectivity index (χ0v) is 14.1. The zero-order valence-electron chi connectivity index (χ0n) is 13.3. The molecule has 0 saturated carbocycles. The molecule has 2 rings (SSSR count). The largest absolute Gasteiger partial charge is 0.379 e. The van der Waals surface area contributed by atoms with Gasteiger partial charge in [0.2, 0.25) is 5.91 Å². The normalized spacial score (nSPS) is 25.5. The van der Waals surface area contributed by atoms with Crippen molar-refractivity contribution in [3.05, 3.63) is 0 Å². The van der Waals surface area contributed by atoms with Crippen LogP contribution in [0, 0.1) is 0 Å². The second-order valence-electron chi connectivity index (χ2n) is 5.92. The molecule has 1 atom stereocenters. The molecular formula is C14H27N3O4S. The molecule has 0 aromatic heterocycles. The summed E-state index contributed by atoms with van der Waals surface area (Å²) in [7, 11) is -2.91. The number of amides is 1. The SMILES string of the molecule is CCN(CC(=O)NCCN1CCOCC1)C1CCS(=O)(=O)C1. The van der Waals surface area contributed by atoms with Crippen LogP contribution in [0.1, 0.15) is 13.3 Å². The lowest BCUT2D eigenvalue weighted by atomic mass is 10.2. The van der Waals surface area contributed by atoms with E-state index in [2.05, 4.69) is 10.2 Å². The Morgan fingerprint density at radius 3 is 2.68 bits per heavy atom. The van der Waals surface area contributed by atoms with E-state index in [-0.39, 0.29) is 30.0 Å². The first-order valence-corrected chi connectivity index (χ1v) is 9.83. The van der Waals surface area contributed by atoms with Crippen LogP contribution in [0.2, 0.25) is 0 Å². The van der Waals surface area contributed by atoms with Crippen molar-refractivity contribution in [1.82, 2.24) is 15.1 Å². The van der Waals surface area contributed by atoms with Crippen LogP contribution >= 0.6 is 0 Å². The minimum absolute atomic E-state index is 0.0139. The van der Waals surface area contributed by atoms with E-state index in [9.17, 15) is 13.2 Å². The topological polar surface area (TPSA) is 79.0 Å². The number of hydrogen-bond acceptors (Lipinski definition) is 6. The predicted molar refractivity (Wildman–Crippen MR) is 84.6 cm³/mol. The van der Waals surface area contributed by atoms with E-state index in [1.165, 1.54) is 0 Å². The highest BCUT2D eigenvalue weighted by atomic mass is 32.2. The van der Waals surface area contributed by atoms with Crippen LogP contribution in [0.25, 0.3) is 0 Å². The number of carbonyl (C=O) groups excluding carboxylic acids is 1. The molecule has 2 heterocycles. The van der Waals surface area contributed by atoms with Crippen molar-refractivity contribution in [3.63, 3.8) is 0 Å². The lowest BCUT2D eigenvalue weighted by Crippen LogP contribution is -2.46. The molecule has 0 spiro atoms. The Hall–Kier alpha value is -0.700. The number of nitrogens with one attached hydrogen (secondary N) is 1. The molecule has 1 amide bonds. The molecule has 128 valence electrons. The summed E-state index contributed by atoms with van der Waals surface area (Å²) < 4.78 is 28.4. The van der Waals surface area contributed by atoms with Crippen molar-refractivity contribution in [1.29, 1.82) is 0 Å². The van der Waals surface area contributed by atoms with E-state index in [4.69, 9.17) is 4.74 Å². The smallest absolute Gasteiger partial charge is 0.234 e. The monoisotopic (exact) mass is 333 g/mol. The third-order valence-corrected chi connectivity index (χ3v) is 6.08. The summed E-state index contributed by atoms with van der Waals surface area (Å²) in [6.07, 6.45) is 0.636. The van der Waals surface area contributed by atoms with Crippen LogP contribution in [0.4, 0.5) is 0 Å². The van der Waals surface area contributed by atoms with Crippen LogP contribution in [0.3, 0.4) is 0 Å². The maximum Gasteiger partial charge on any atom is 0.234 e. The van der Waals surface area contributed by atoms with Crippen molar-refractivity contribution in [2.75, 3.05) is 64.0 Å². The summed E-state index contributed by atoms with van der Waals surface area (Å²) in [6, 6.07) is -0.0139. The molecule has 2 saturated heterocycles. The van der Waals surface area contributed by atoms with E-state index in [0.29, 0.717) is 19.5 Å². The summed E-state index contributed by atoms with van der Waals surface area (Å²) in [5.74, 6) is 0.397. The van der Waals surface area contributed by atoms with Gasteiger partial charge in [0.15, 0.2) is 9.84 Å². The maximum atomic E-state index is 12.0. The van der Waals surface area contributed by atoms with Gasteiger partial charge in [0.1, 0.15) is 0 Å². The number of rotatable bonds is 7. The van der Waals surface area contributed by atoms with E-state index >= 15 is 0 Å². The van der Waals surface area contributed by atoms with Crippen molar-refractivity contribution >= 4 is 15.7 Å². The molecule has 2 aliphatic heterocycles. The molecule has 0 aliphatic carbocycles.